The van der Waals surface area contributed by atoms with Gasteiger partial charge in [0.25, 0.3) is 0 Å². The molecule has 7 nitrogen and oxygen atoms in total. The predicted molar refractivity (Wildman–Crippen MR) is 89.1 cm³/mol. The third-order valence-electron chi connectivity index (χ3n) is 4.50. The number of hydrogen-bond donors (Lipinski definition) is 0. The van der Waals surface area contributed by atoms with E-state index in [1.54, 1.807) is 6.92 Å². The Balaban J connectivity index is 1.85. The third kappa shape index (κ3) is 2.87. The molecule has 128 valence electrons. The van der Waals surface area contributed by atoms with Crippen LogP contribution in [-0.2, 0) is 14.0 Å². The van der Waals surface area contributed by atoms with E-state index in [1.807, 2.05) is 45.9 Å². The highest BCUT2D eigenvalue weighted by molar-refractivity contribution is 6.62. The van der Waals surface area contributed by atoms with Gasteiger partial charge >= 0.3 is 13.3 Å². The smallest absolute Gasteiger partial charge is 0.433 e. The highest BCUT2D eigenvalue weighted by Gasteiger charge is 2.51. The van der Waals surface area contributed by atoms with Crippen molar-refractivity contribution in [1.29, 1.82) is 0 Å². The van der Waals surface area contributed by atoms with Crippen LogP contribution in [0.1, 0.15) is 34.6 Å². The molecule has 3 rings (SSSR count). The molecule has 0 unspecified atom stereocenters. The molecule has 0 aliphatic carbocycles. The topological polar surface area (TPSA) is 71.8 Å². The molecule has 0 saturated carbocycles. The largest absolute Gasteiger partial charge is 0.533 e. The van der Waals surface area contributed by atoms with Crippen LogP contribution in [-0.4, -0.2) is 40.8 Å². The molecule has 1 saturated heterocycles. The normalized spacial score (nSPS) is 18.8. The van der Waals surface area contributed by atoms with Crippen LogP contribution in [0.15, 0.2) is 24.5 Å². The van der Waals surface area contributed by atoms with Gasteiger partial charge in [-0.1, -0.05) is 6.07 Å². The van der Waals surface area contributed by atoms with E-state index in [1.165, 1.54) is 11.1 Å². The zero-order chi connectivity index (χ0) is 17.5. The van der Waals surface area contributed by atoms with E-state index in [2.05, 4.69) is 4.98 Å². The van der Waals surface area contributed by atoms with E-state index in [4.69, 9.17) is 18.9 Å². The Labute approximate surface area is 140 Å². The molecule has 1 aliphatic rings. The van der Waals surface area contributed by atoms with E-state index >= 15 is 0 Å². The van der Waals surface area contributed by atoms with Gasteiger partial charge in [0.1, 0.15) is 11.8 Å². The third-order valence-corrected chi connectivity index (χ3v) is 4.50. The van der Waals surface area contributed by atoms with E-state index in [0.717, 1.165) is 5.46 Å². The Kier molecular flexibility index (Phi) is 4.05. The Hall–Kier alpha value is -2.06. The zero-order valence-corrected chi connectivity index (χ0v) is 14.5. The maximum atomic E-state index is 11.4. The molecule has 1 aliphatic heterocycles. The highest BCUT2D eigenvalue weighted by Crippen LogP contribution is 2.36. The fourth-order valence-corrected chi connectivity index (χ4v) is 2.43. The molecule has 1 aromatic carbocycles. The molecule has 24 heavy (non-hydrogen) atoms. The van der Waals surface area contributed by atoms with Crippen LogP contribution in [0.2, 0.25) is 0 Å². The minimum atomic E-state index is -0.771. The number of nitrogens with zero attached hydrogens (tertiary/aromatic N) is 2. The summed E-state index contributed by atoms with van der Waals surface area (Å²) < 4.78 is 18.1. The van der Waals surface area contributed by atoms with E-state index < -0.39 is 24.5 Å². The summed E-state index contributed by atoms with van der Waals surface area (Å²) >= 11 is 0. The van der Waals surface area contributed by atoms with E-state index in [9.17, 15) is 4.79 Å². The van der Waals surface area contributed by atoms with Gasteiger partial charge in [0.2, 0.25) is 0 Å². The maximum absolute atomic E-state index is 11.4. The lowest BCUT2D eigenvalue weighted by Crippen LogP contribution is -2.41. The Bertz CT molecular complexity index is 755. The van der Waals surface area contributed by atoms with Crippen molar-refractivity contribution < 1.29 is 23.7 Å². The van der Waals surface area contributed by atoms with Crippen molar-refractivity contribution in [3.63, 3.8) is 0 Å². The summed E-state index contributed by atoms with van der Waals surface area (Å²) in [6.45, 7) is 9.99. The molecule has 1 aromatic heterocycles. The summed E-state index contributed by atoms with van der Waals surface area (Å²) in [4.78, 5) is 20.8. The lowest BCUT2D eigenvalue weighted by molar-refractivity contribution is 0.00578. The average molecular weight is 332 g/mol. The van der Waals surface area contributed by atoms with Crippen molar-refractivity contribution in [1.82, 2.24) is 9.71 Å². The van der Waals surface area contributed by atoms with Crippen LogP contribution in [0.25, 0.3) is 11.0 Å². The molecule has 0 spiro atoms. The number of aromatic nitrogens is 2. The number of benzene rings is 1. The van der Waals surface area contributed by atoms with Crippen LogP contribution >= 0.6 is 0 Å². The first-order chi connectivity index (χ1) is 11.2. The van der Waals surface area contributed by atoms with Gasteiger partial charge in [0, 0.05) is 0 Å². The number of carbonyl (C=O) groups is 1. The summed E-state index contributed by atoms with van der Waals surface area (Å²) in [5, 5.41) is 0. The first-order valence-corrected chi connectivity index (χ1v) is 7.91. The van der Waals surface area contributed by atoms with Gasteiger partial charge in [-0.3, -0.25) is 4.84 Å². The summed E-state index contributed by atoms with van der Waals surface area (Å²) in [7, 11) is -0.462. The second-order valence-electron chi connectivity index (χ2n) is 6.68. The fraction of sp³-hybridized carbons (Fsp3) is 0.500. The van der Waals surface area contributed by atoms with Crippen molar-refractivity contribution in [2.75, 3.05) is 6.61 Å². The quantitative estimate of drug-likeness (QED) is 0.632. The van der Waals surface area contributed by atoms with Gasteiger partial charge in [-0.05, 0) is 52.2 Å². The Morgan fingerprint density at radius 3 is 2.54 bits per heavy atom. The molecular weight excluding hydrogens is 311 g/mol. The zero-order valence-electron chi connectivity index (χ0n) is 14.5. The lowest BCUT2D eigenvalue weighted by Gasteiger charge is -2.32. The van der Waals surface area contributed by atoms with Gasteiger partial charge in [-0.2, -0.15) is 4.73 Å². The van der Waals surface area contributed by atoms with E-state index in [-0.39, 0.29) is 6.61 Å². The molecule has 2 aromatic rings. The number of carbonyl (C=O) groups excluding carboxylic acids is 1. The van der Waals surface area contributed by atoms with Gasteiger partial charge < -0.3 is 14.0 Å². The molecule has 1 fully saturated rings. The Morgan fingerprint density at radius 2 is 1.92 bits per heavy atom. The summed E-state index contributed by atoms with van der Waals surface area (Å²) in [6, 6.07) is 5.54. The summed E-state index contributed by atoms with van der Waals surface area (Å²) in [6.07, 6.45) is 0.655. The van der Waals surface area contributed by atoms with Crippen molar-refractivity contribution in [2.24, 2.45) is 0 Å². The van der Waals surface area contributed by atoms with Crippen LogP contribution in [0.5, 0.6) is 0 Å². The second kappa shape index (κ2) is 5.79. The molecule has 0 amide bonds. The lowest BCUT2D eigenvalue weighted by atomic mass is 9.79. The predicted octanol–water partition coefficient (Wildman–Crippen LogP) is 1.92. The minimum absolute atomic E-state index is 0.248. The summed E-state index contributed by atoms with van der Waals surface area (Å²) in [5.74, 6) is 0. The van der Waals surface area contributed by atoms with Crippen LogP contribution < -0.4 is 10.3 Å². The number of imidazole rings is 1. The monoisotopic (exact) mass is 332 g/mol. The molecule has 0 bridgehead atoms. The summed E-state index contributed by atoms with van der Waals surface area (Å²) in [5.41, 5.74) is 1.38. The Morgan fingerprint density at radius 1 is 1.25 bits per heavy atom. The fourth-order valence-electron chi connectivity index (χ4n) is 2.43. The van der Waals surface area contributed by atoms with Gasteiger partial charge in [-0.25, -0.2) is 9.78 Å². The molecule has 0 atom stereocenters. The molecule has 0 N–H and O–H groups in total. The van der Waals surface area contributed by atoms with Crippen molar-refractivity contribution in [3.05, 3.63) is 24.5 Å². The van der Waals surface area contributed by atoms with Crippen molar-refractivity contribution in [2.45, 2.75) is 45.8 Å². The van der Waals surface area contributed by atoms with Crippen LogP contribution in [0.3, 0.4) is 0 Å². The van der Waals surface area contributed by atoms with Gasteiger partial charge in [-0.15, -0.1) is 0 Å². The van der Waals surface area contributed by atoms with Crippen molar-refractivity contribution in [3.8, 4) is 0 Å². The van der Waals surface area contributed by atoms with Crippen LogP contribution in [0.4, 0.5) is 4.79 Å². The highest BCUT2D eigenvalue weighted by atomic mass is 16.8. The van der Waals surface area contributed by atoms with Gasteiger partial charge in [0.15, 0.2) is 0 Å². The maximum Gasteiger partial charge on any atom is 0.533 e. The standard InChI is InChI=1S/C16H21BN2O5/c1-6-21-14(20)22-19-10-18-12-9-11(7-8-13(12)19)17-23-15(2,3)16(4,5)24-17/h7-10H,6H2,1-5H3. The molecule has 2 heterocycles. The average Bonchev–Trinajstić information content (AvgIpc) is 2.97. The molecule has 8 heteroatoms. The minimum Gasteiger partial charge on any atom is -0.433 e. The number of fused-ring (bicyclic) bond motifs is 1. The molecular formula is C16H21BN2O5. The number of rotatable bonds is 3. The van der Waals surface area contributed by atoms with E-state index in [0.29, 0.717) is 11.0 Å². The van der Waals surface area contributed by atoms with Crippen LogP contribution in [0, 0.1) is 0 Å². The number of hydrogen-bond acceptors (Lipinski definition) is 6. The van der Waals surface area contributed by atoms with Crippen molar-refractivity contribution >= 4 is 29.8 Å². The SMILES string of the molecule is CCOC(=O)On1cnc2cc(B3OC(C)(C)C(C)(C)O3)ccc21. The first kappa shape index (κ1) is 16.8. The number of ether oxygens (including phenoxy) is 1. The molecule has 0 radical (unpaired) electrons. The second-order valence-corrected chi connectivity index (χ2v) is 6.68. The first-order valence-electron chi connectivity index (χ1n) is 7.91. The van der Waals surface area contributed by atoms with Gasteiger partial charge in [0.05, 0.1) is 23.3 Å².